The summed E-state index contributed by atoms with van der Waals surface area (Å²) >= 11 is 0. The lowest BCUT2D eigenvalue weighted by atomic mass is 10.2. The third kappa shape index (κ3) is 1.44. The molecule has 0 atom stereocenters. The molecule has 14 heavy (non-hydrogen) atoms. The third-order valence-corrected chi connectivity index (χ3v) is 1.95. The molecular weight excluding hydrogens is 178 g/mol. The van der Waals surface area contributed by atoms with E-state index in [1.165, 1.54) is 0 Å². The molecule has 0 bridgehead atoms. The van der Waals surface area contributed by atoms with Gasteiger partial charge in [-0.25, -0.2) is 9.97 Å². The predicted octanol–water partition coefficient (Wildman–Crippen LogP) is 0.768. The third-order valence-electron chi connectivity index (χ3n) is 1.95. The molecule has 0 unspecified atom stereocenters. The number of hydrogen-bond donors (Lipinski definition) is 1. The van der Waals surface area contributed by atoms with E-state index in [0.29, 0.717) is 0 Å². The van der Waals surface area contributed by atoms with Crippen LogP contribution < -0.4 is 5.73 Å². The number of nitrogens with two attached hydrogens (primary N) is 1. The fraction of sp³-hybridized carbons (Fsp3) is 0.222. The van der Waals surface area contributed by atoms with Crippen LogP contribution in [0.1, 0.15) is 5.56 Å². The van der Waals surface area contributed by atoms with E-state index in [1.54, 1.807) is 10.9 Å². The second kappa shape index (κ2) is 3.10. The molecule has 0 saturated carbocycles. The van der Waals surface area contributed by atoms with Gasteiger partial charge in [0.2, 0.25) is 5.95 Å². The number of hydrogen-bond acceptors (Lipinski definition) is 4. The fourth-order valence-corrected chi connectivity index (χ4v) is 1.26. The molecule has 2 aromatic rings. The van der Waals surface area contributed by atoms with Gasteiger partial charge in [0.1, 0.15) is 5.69 Å². The first-order valence-corrected chi connectivity index (χ1v) is 4.26. The van der Waals surface area contributed by atoms with Crippen molar-refractivity contribution in [3.8, 4) is 11.4 Å². The quantitative estimate of drug-likeness (QED) is 0.719. The Morgan fingerprint density at radius 1 is 1.43 bits per heavy atom. The molecule has 2 heterocycles. The van der Waals surface area contributed by atoms with Gasteiger partial charge in [0.25, 0.3) is 0 Å². The van der Waals surface area contributed by atoms with Crippen molar-refractivity contribution in [1.82, 2.24) is 19.7 Å². The number of rotatable bonds is 1. The second-order valence-electron chi connectivity index (χ2n) is 3.13. The molecule has 0 radical (unpaired) electrons. The highest BCUT2D eigenvalue weighted by Gasteiger charge is 2.07. The maximum Gasteiger partial charge on any atom is 0.220 e. The zero-order chi connectivity index (χ0) is 10.1. The minimum absolute atomic E-state index is 0.274. The zero-order valence-corrected chi connectivity index (χ0v) is 8.10. The fourth-order valence-electron chi connectivity index (χ4n) is 1.26. The molecule has 0 spiro atoms. The number of aryl methyl sites for hydroxylation is 2. The van der Waals surface area contributed by atoms with Crippen LogP contribution in [0.3, 0.4) is 0 Å². The molecule has 5 nitrogen and oxygen atoms in total. The molecule has 2 N–H and O–H groups in total. The lowest BCUT2D eigenvalue weighted by Crippen LogP contribution is -1.99. The summed E-state index contributed by atoms with van der Waals surface area (Å²) in [4.78, 5) is 8.05. The van der Waals surface area contributed by atoms with E-state index in [0.717, 1.165) is 17.0 Å². The summed E-state index contributed by atoms with van der Waals surface area (Å²) in [5.74, 6) is 0.274. The first kappa shape index (κ1) is 8.68. The van der Waals surface area contributed by atoms with Gasteiger partial charge in [-0.3, -0.25) is 4.68 Å². The smallest absolute Gasteiger partial charge is 0.220 e. The van der Waals surface area contributed by atoms with Crippen LogP contribution in [0.2, 0.25) is 0 Å². The maximum atomic E-state index is 5.51. The largest absolute Gasteiger partial charge is 0.368 e. The van der Waals surface area contributed by atoms with Gasteiger partial charge >= 0.3 is 0 Å². The highest BCUT2D eigenvalue weighted by molar-refractivity contribution is 5.58. The van der Waals surface area contributed by atoms with Crippen LogP contribution in [-0.4, -0.2) is 19.7 Å². The van der Waals surface area contributed by atoms with Crippen molar-refractivity contribution in [2.75, 3.05) is 5.73 Å². The Morgan fingerprint density at radius 3 is 2.86 bits per heavy atom. The van der Waals surface area contributed by atoms with E-state index in [1.807, 2.05) is 26.2 Å². The Kier molecular flexibility index (Phi) is 1.92. The topological polar surface area (TPSA) is 69.6 Å². The first-order chi connectivity index (χ1) is 6.66. The summed E-state index contributed by atoms with van der Waals surface area (Å²) < 4.78 is 1.73. The average Bonchev–Trinajstić information content (AvgIpc) is 2.56. The number of nitrogen functional groups attached to an aromatic ring is 1. The summed E-state index contributed by atoms with van der Waals surface area (Å²) in [5, 5.41) is 4.25. The monoisotopic (exact) mass is 189 g/mol. The van der Waals surface area contributed by atoms with Gasteiger partial charge in [-0.2, -0.15) is 5.10 Å². The van der Waals surface area contributed by atoms with E-state index in [4.69, 9.17) is 5.73 Å². The Labute approximate surface area is 81.6 Å². The van der Waals surface area contributed by atoms with Gasteiger partial charge in [-0.1, -0.05) is 0 Å². The predicted molar refractivity (Wildman–Crippen MR) is 53.4 cm³/mol. The van der Waals surface area contributed by atoms with Crippen molar-refractivity contribution in [3.05, 3.63) is 24.0 Å². The summed E-state index contributed by atoms with van der Waals surface area (Å²) in [6.45, 7) is 1.93. The molecule has 0 aliphatic carbocycles. The van der Waals surface area contributed by atoms with Crippen LogP contribution in [0.25, 0.3) is 11.4 Å². The molecule has 2 rings (SSSR count). The van der Waals surface area contributed by atoms with Gasteiger partial charge in [0.05, 0.1) is 5.69 Å². The summed E-state index contributed by atoms with van der Waals surface area (Å²) in [6.07, 6.45) is 3.57. The van der Waals surface area contributed by atoms with E-state index >= 15 is 0 Å². The lowest BCUT2D eigenvalue weighted by molar-refractivity contribution is 0.769. The number of nitrogens with zero attached hydrogens (tertiary/aromatic N) is 4. The number of aromatic nitrogens is 4. The minimum atomic E-state index is 0.274. The molecular formula is C9H11N5. The van der Waals surface area contributed by atoms with Crippen molar-refractivity contribution < 1.29 is 0 Å². The molecule has 0 aliphatic heterocycles. The normalized spacial score (nSPS) is 10.4. The molecule has 0 fully saturated rings. The Balaban J connectivity index is 2.55. The second-order valence-corrected chi connectivity index (χ2v) is 3.13. The number of anilines is 1. The Morgan fingerprint density at radius 2 is 2.21 bits per heavy atom. The van der Waals surface area contributed by atoms with E-state index in [9.17, 15) is 0 Å². The van der Waals surface area contributed by atoms with Crippen LogP contribution in [-0.2, 0) is 7.05 Å². The van der Waals surface area contributed by atoms with Crippen molar-refractivity contribution >= 4 is 5.95 Å². The minimum Gasteiger partial charge on any atom is -0.368 e. The summed E-state index contributed by atoms with van der Waals surface area (Å²) in [7, 11) is 1.86. The van der Waals surface area contributed by atoms with Crippen molar-refractivity contribution in [1.29, 1.82) is 0 Å². The molecule has 0 aliphatic rings. The Hall–Kier alpha value is -1.91. The SMILES string of the molecule is Cc1cnc(N)nc1-c1ccn(C)n1. The van der Waals surface area contributed by atoms with E-state index in [2.05, 4.69) is 15.1 Å². The van der Waals surface area contributed by atoms with Gasteiger partial charge in [0.15, 0.2) is 0 Å². The van der Waals surface area contributed by atoms with Crippen molar-refractivity contribution in [2.45, 2.75) is 6.92 Å². The van der Waals surface area contributed by atoms with Gasteiger partial charge in [0, 0.05) is 19.4 Å². The molecule has 0 saturated heterocycles. The van der Waals surface area contributed by atoms with Crippen molar-refractivity contribution in [3.63, 3.8) is 0 Å². The molecule has 0 amide bonds. The van der Waals surface area contributed by atoms with Crippen LogP contribution in [0.5, 0.6) is 0 Å². The van der Waals surface area contributed by atoms with Crippen LogP contribution >= 0.6 is 0 Å². The first-order valence-electron chi connectivity index (χ1n) is 4.26. The van der Waals surface area contributed by atoms with Gasteiger partial charge in [-0.05, 0) is 18.6 Å². The molecule has 0 aromatic carbocycles. The van der Waals surface area contributed by atoms with E-state index < -0.39 is 0 Å². The van der Waals surface area contributed by atoms with Crippen LogP contribution in [0.4, 0.5) is 5.95 Å². The van der Waals surface area contributed by atoms with Gasteiger partial charge in [-0.15, -0.1) is 0 Å². The van der Waals surface area contributed by atoms with Crippen LogP contribution in [0, 0.1) is 6.92 Å². The average molecular weight is 189 g/mol. The molecule has 5 heteroatoms. The zero-order valence-electron chi connectivity index (χ0n) is 8.10. The maximum absolute atomic E-state index is 5.51. The summed E-state index contributed by atoms with van der Waals surface area (Å²) in [6, 6.07) is 1.90. The highest BCUT2D eigenvalue weighted by Crippen LogP contribution is 2.18. The van der Waals surface area contributed by atoms with Crippen LogP contribution in [0.15, 0.2) is 18.5 Å². The summed E-state index contributed by atoms with van der Waals surface area (Å²) in [5.41, 5.74) is 8.09. The standard InChI is InChI=1S/C9H11N5/c1-6-5-11-9(10)12-8(6)7-3-4-14(2)13-7/h3-5H,1-2H3,(H2,10,11,12). The molecule has 2 aromatic heterocycles. The van der Waals surface area contributed by atoms with E-state index in [-0.39, 0.29) is 5.95 Å². The highest BCUT2D eigenvalue weighted by atomic mass is 15.3. The lowest BCUT2D eigenvalue weighted by Gasteiger charge is -2.01. The van der Waals surface area contributed by atoms with Gasteiger partial charge < -0.3 is 5.73 Å². The molecule has 72 valence electrons. The van der Waals surface area contributed by atoms with Crippen molar-refractivity contribution in [2.24, 2.45) is 7.05 Å². The Bertz CT molecular complexity index is 460.